The van der Waals surface area contributed by atoms with E-state index in [2.05, 4.69) is 52.1 Å². The van der Waals surface area contributed by atoms with Gasteiger partial charge in [-0.2, -0.15) is 0 Å². The molecule has 2 heterocycles. The van der Waals surface area contributed by atoms with Crippen LogP contribution in [-0.4, -0.2) is 14.8 Å². The minimum absolute atomic E-state index is 0.746. The third-order valence-corrected chi connectivity index (χ3v) is 4.14. The molecule has 0 saturated heterocycles. The van der Waals surface area contributed by atoms with E-state index >= 15 is 0 Å². The Hall–Kier alpha value is -1.84. The molecule has 4 heteroatoms. The van der Waals surface area contributed by atoms with E-state index in [4.69, 9.17) is 0 Å². The number of nitrogens with one attached hydrogen (secondary N) is 1. The molecular formula is C16H22N4. The van der Waals surface area contributed by atoms with Gasteiger partial charge in [0.2, 0.25) is 0 Å². The largest absolute Gasteiger partial charge is 0.378 e. The number of nitrogens with zero attached hydrogens (tertiary/aromatic N) is 3. The van der Waals surface area contributed by atoms with Crippen LogP contribution < -0.4 is 5.32 Å². The quantitative estimate of drug-likeness (QED) is 0.931. The zero-order chi connectivity index (χ0) is 13.9. The molecule has 1 aromatic carbocycles. The maximum atomic E-state index is 4.34. The molecule has 0 atom stereocenters. The number of hydrogen-bond acceptors (Lipinski definition) is 3. The van der Waals surface area contributed by atoms with Crippen LogP contribution in [0.15, 0.2) is 18.2 Å². The van der Waals surface area contributed by atoms with E-state index in [9.17, 15) is 0 Å². The number of rotatable bonds is 3. The number of aromatic nitrogens is 3. The molecule has 1 N–H and O–H groups in total. The van der Waals surface area contributed by atoms with Gasteiger partial charge in [-0.15, -0.1) is 10.2 Å². The number of fused-ring (bicyclic) bond motifs is 1. The zero-order valence-electron chi connectivity index (χ0n) is 12.3. The van der Waals surface area contributed by atoms with Crippen molar-refractivity contribution in [3.63, 3.8) is 0 Å². The van der Waals surface area contributed by atoms with E-state index in [-0.39, 0.29) is 0 Å². The molecule has 106 valence electrons. The van der Waals surface area contributed by atoms with Crippen LogP contribution in [0, 0.1) is 13.8 Å². The van der Waals surface area contributed by atoms with E-state index in [1.165, 1.54) is 30.4 Å². The molecule has 0 spiro atoms. The summed E-state index contributed by atoms with van der Waals surface area (Å²) in [4.78, 5) is 0. The Morgan fingerprint density at radius 3 is 2.85 bits per heavy atom. The van der Waals surface area contributed by atoms with Gasteiger partial charge >= 0.3 is 0 Å². The van der Waals surface area contributed by atoms with Gasteiger partial charge in [0.1, 0.15) is 5.82 Å². The summed E-state index contributed by atoms with van der Waals surface area (Å²) < 4.78 is 2.29. The normalized spacial score (nSPS) is 14.7. The highest BCUT2D eigenvalue weighted by Gasteiger charge is 2.14. The molecule has 1 aromatic heterocycles. The van der Waals surface area contributed by atoms with Gasteiger partial charge in [-0.25, -0.2) is 0 Å². The highest BCUT2D eigenvalue weighted by molar-refractivity contribution is 5.48. The summed E-state index contributed by atoms with van der Waals surface area (Å²) in [5.41, 5.74) is 3.79. The summed E-state index contributed by atoms with van der Waals surface area (Å²) in [5.74, 6) is 2.21. The molecule has 2 aromatic rings. The van der Waals surface area contributed by atoms with Crippen molar-refractivity contribution >= 4 is 5.69 Å². The van der Waals surface area contributed by atoms with Gasteiger partial charge in [-0.3, -0.25) is 0 Å². The molecule has 0 radical (unpaired) electrons. The number of aryl methyl sites for hydroxylation is 3. The first-order chi connectivity index (χ1) is 9.74. The van der Waals surface area contributed by atoms with Crippen molar-refractivity contribution < 1.29 is 0 Å². The number of benzene rings is 1. The van der Waals surface area contributed by atoms with Crippen molar-refractivity contribution in [3.05, 3.63) is 41.0 Å². The van der Waals surface area contributed by atoms with Crippen LogP contribution in [0.25, 0.3) is 0 Å². The fraction of sp³-hybridized carbons (Fsp3) is 0.500. The molecule has 1 aliphatic rings. The van der Waals surface area contributed by atoms with E-state index in [1.807, 2.05) is 0 Å². The average Bonchev–Trinajstić information content (AvgIpc) is 2.68. The van der Waals surface area contributed by atoms with E-state index in [1.54, 1.807) is 0 Å². The van der Waals surface area contributed by atoms with Crippen molar-refractivity contribution in [2.45, 2.75) is 52.6 Å². The second kappa shape index (κ2) is 5.65. The first-order valence-electron chi connectivity index (χ1n) is 7.46. The predicted molar refractivity (Wildman–Crippen MR) is 80.8 cm³/mol. The summed E-state index contributed by atoms with van der Waals surface area (Å²) in [6, 6.07) is 6.47. The monoisotopic (exact) mass is 270 g/mol. The Morgan fingerprint density at radius 2 is 2.00 bits per heavy atom. The fourth-order valence-corrected chi connectivity index (χ4v) is 2.71. The maximum absolute atomic E-state index is 4.34. The van der Waals surface area contributed by atoms with Crippen LogP contribution in [-0.2, 0) is 19.5 Å². The molecule has 3 rings (SSSR count). The lowest BCUT2D eigenvalue weighted by Gasteiger charge is -2.10. The molecular weight excluding hydrogens is 248 g/mol. The minimum atomic E-state index is 0.746. The molecule has 0 unspecified atom stereocenters. The van der Waals surface area contributed by atoms with Crippen molar-refractivity contribution in [2.75, 3.05) is 5.32 Å². The first-order valence-corrected chi connectivity index (χ1v) is 7.46. The van der Waals surface area contributed by atoms with Crippen LogP contribution in [0.2, 0.25) is 0 Å². The lowest BCUT2D eigenvalue weighted by atomic mass is 10.1. The fourth-order valence-electron chi connectivity index (χ4n) is 2.71. The third kappa shape index (κ3) is 2.69. The Morgan fingerprint density at radius 1 is 1.10 bits per heavy atom. The molecule has 0 bridgehead atoms. The van der Waals surface area contributed by atoms with E-state index < -0.39 is 0 Å². The Kier molecular flexibility index (Phi) is 3.72. The standard InChI is InChI=1S/C16H22N4/c1-12-7-8-14(10-13(12)2)17-11-16-19-18-15-6-4-3-5-9-20(15)16/h7-8,10,17H,3-6,9,11H2,1-2H3. The van der Waals surface area contributed by atoms with Gasteiger partial charge in [0.25, 0.3) is 0 Å². The lowest BCUT2D eigenvalue weighted by Crippen LogP contribution is -2.10. The van der Waals surface area contributed by atoms with Gasteiger partial charge in [-0.05, 0) is 49.9 Å². The van der Waals surface area contributed by atoms with Crippen molar-refractivity contribution in [1.82, 2.24) is 14.8 Å². The van der Waals surface area contributed by atoms with E-state index in [0.717, 1.165) is 36.8 Å². The molecule has 4 nitrogen and oxygen atoms in total. The summed E-state index contributed by atoms with van der Waals surface area (Å²) >= 11 is 0. The molecule has 1 aliphatic heterocycles. The van der Waals surface area contributed by atoms with Crippen molar-refractivity contribution in [1.29, 1.82) is 0 Å². The highest BCUT2D eigenvalue weighted by Crippen LogP contribution is 2.17. The van der Waals surface area contributed by atoms with Gasteiger partial charge < -0.3 is 9.88 Å². The molecule has 0 amide bonds. The summed E-state index contributed by atoms with van der Waals surface area (Å²) in [6.07, 6.45) is 4.84. The number of hydrogen-bond donors (Lipinski definition) is 1. The minimum Gasteiger partial charge on any atom is -0.378 e. The van der Waals surface area contributed by atoms with Gasteiger partial charge in [-0.1, -0.05) is 12.5 Å². The topological polar surface area (TPSA) is 42.7 Å². The molecule has 0 fully saturated rings. The molecule has 0 saturated carbocycles. The number of anilines is 1. The van der Waals surface area contributed by atoms with Crippen molar-refractivity contribution in [2.24, 2.45) is 0 Å². The smallest absolute Gasteiger partial charge is 0.152 e. The van der Waals surface area contributed by atoms with Crippen LogP contribution in [0.4, 0.5) is 5.69 Å². The second-order valence-electron chi connectivity index (χ2n) is 5.65. The highest BCUT2D eigenvalue weighted by atomic mass is 15.3. The van der Waals surface area contributed by atoms with Crippen LogP contribution in [0.3, 0.4) is 0 Å². The maximum Gasteiger partial charge on any atom is 0.152 e. The first kappa shape index (κ1) is 13.2. The third-order valence-electron chi connectivity index (χ3n) is 4.14. The van der Waals surface area contributed by atoms with Crippen molar-refractivity contribution in [3.8, 4) is 0 Å². The van der Waals surface area contributed by atoms with Gasteiger partial charge in [0, 0.05) is 18.7 Å². The van der Waals surface area contributed by atoms with Crippen LogP contribution >= 0.6 is 0 Å². The molecule has 0 aliphatic carbocycles. The summed E-state index contributed by atoms with van der Waals surface area (Å²) in [6.45, 7) is 6.09. The van der Waals surface area contributed by atoms with Gasteiger partial charge in [0.15, 0.2) is 5.82 Å². The summed E-state index contributed by atoms with van der Waals surface area (Å²) in [5, 5.41) is 12.1. The second-order valence-corrected chi connectivity index (χ2v) is 5.65. The average molecular weight is 270 g/mol. The van der Waals surface area contributed by atoms with Crippen LogP contribution in [0.5, 0.6) is 0 Å². The van der Waals surface area contributed by atoms with Gasteiger partial charge in [0.05, 0.1) is 6.54 Å². The Balaban J connectivity index is 1.72. The van der Waals surface area contributed by atoms with E-state index in [0.29, 0.717) is 0 Å². The predicted octanol–water partition coefficient (Wildman–Crippen LogP) is 3.23. The van der Waals surface area contributed by atoms with Crippen LogP contribution in [0.1, 0.15) is 42.0 Å². The Labute approximate surface area is 120 Å². The summed E-state index contributed by atoms with van der Waals surface area (Å²) in [7, 11) is 0. The SMILES string of the molecule is Cc1ccc(NCc2nnc3n2CCCCC3)cc1C. The zero-order valence-corrected chi connectivity index (χ0v) is 12.3. The molecule has 20 heavy (non-hydrogen) atoms. The Bertz CT molecular complexity index is 601. The lowest BCUT2D eigenvalue weighted by molar-refractivity contribution is 0.610.